The molecule has 0 amide bonds. The van der Waals surface area contributed by atoms with E-state index in [1.807, 2.05) is 0 Å². The molecule has 0 spiro atoms. The molecule has 2 atom stereocenters. The highest BCUT2D eigenvalue weighted by Crippen LogP contribution is 2.12. The van der Waals surface area contributed by atoms with Crippen molar-refractivity contribution >= 4 is 15.8 Å². The lowest BCUT2D eigenvalue weighted by Crippen LogP contribution is -2.45. The van der Waals surface area contributed by atoms with Gasteiger partial charge in [0.1, 0.15) is 0 Å². The second-order valence-electron chi connectivity index (χ2n) is 6.51. The van der Waals surface area contributed by atoms with Crippen molar-refractivity contribution in [2.45, 2.75) is 64.8 Å². The smallest absolute Gasteiger partial charge is 0.191 e. The molecule has 1 aliphatic heterocycles. The molecule has 5 nitrogen and oxygen atoms in total. The Hall–Kier alpha value is -0.780. The fourth-order valence-electron chi connectivity index (χ4n) is 2.77. The lowest BCUT2D eigenvalue weighted by Gasteiger charge is -2.18. The zero-order valence-electron chi connectivity index (χ0n) is 14.4. The number of guanidine groups is 1. The Balaban J connectivity index is 2.18. The fraction of sp³-hybridized carbons (Fsp3) is 0.938. The summed E-state index contributed by atoms with van der Waals surface area (Å²) >= 11 is 0. The molecule has 130 valence electrons. The predicted molar refractivity (Wildman–Crippen MR) is 94.1 cm³/mol. The molecule has 0 bridgehead atoms. The van der Waals surface area contributed by atoms with Crippen molar-refractivity contribution in [2.24, 2.45) is 10.9 Å². The molecule has 1 saturated heterocycles. The molecule has 2 N–H and O–H groups in total. The van der Waals surface area contributed by atoms with Gasteiger partial charge in [0.2, 0.25) is 0 Å². The summed E-state index contributed by atoms with van der Waals surface area (Å²) in [5, 5.41) is 6.54. The second-order valence-corrected chi connectivity index (χ2v) is 8.73. The van der Waals surface area contributed by atoms with Gasteiger partial charge in [-0.3, -0.25) is 4.99 Å². The Morgan fingerprint density at radius 2 is 2.00 bits per heavy atom. The first-order chi connectivity index (χ1) is 10.5. The normalized spacial score (nSPS) is 22.5. The van der Waals surface area contributed by atoms with Crippen LogP contribution in [0.15, 0.2) is 4.99 Å². The summed E-state index contributed by atoms with van der Waals surface area (Å²) < 4.78 is 22.9. The summed E-state index contributed by atoms with van der Waals surface area (Å²) in [5.74, 6) is 1.84. The van der Waals surface area contributed by atoms with E-state index >= 15 is 0 Å². The van der Waals surface area contributed by atoms with Crippen LogP contribution in [0.5, 0.6) is 0 Å². The maximum absolute atomic E-state index is 11.5. The minimum absolute atomic E-state index is 0.000509. The van der Waals surface area contributed by atoms with E-state index in [0.717, 1.165) is 12.5 Å². The minimum atomic E-state index is -2.85. The largest absolute Gasteiger partial charge is 0.356 e. The number of hydrogen-bond donors (Lipinski definition) is 2. The summed E-state index contributed by atoms with van der Waals surface area (Å²) in [6.45, 7) is 5.37. The number of nitrogens with one attached hydrogen (secondary N) is 2. The Labute approximate surface area is 136 Å². The van der Waals surface area contributed by atoms with Crippen LogP contribution in [0.1, 0.15) is 58.8 Å². The van der Waals surface area contributed by atoms with Crippen LogP contribution in [0, 0.1) is 5.92 Å². The van der Waals surface area contributed by atoms with Crippen molar-refractivity contribution in [3.05, 3.63) is 0 Å². The third-order valence-electron chi connectivity index (χ3n) is 4.22. The van der Waals surface area contributed by atoms with Crippen LogP contribution >= 0.6 is 0 Å². The highest BCUT2D eigenvalue weighted by molar-refractivity contribution is 7.91. The molecule has 1 fully saturated rings. The third-order valence-corrected chi connectivity index (χ3v) is 5.98. The van der Waals surface area contributed by atoms with Gasteiger partial charge in [0, 0.05) is 19.6 Å². The Morgan fingerprint density at radius 3 is 2.59 bits per heavy atom. The first-order valence-corrected chi connectivity index (χ1v) is 10.5. The lowest BCUT2D eigenvalue weighted by molar-refractivity contribution is 0.475. The quantitative estimate of drug-likeness (QED) is 0.386. The first kappa shape index (κ1) is 19.3. The van der Waals surface area contributed by atoms with Crippen molar-refractivity contribution in [3.8, 4) is 0 Å². The Morgan fingerprint density at radius 1 is 1.27 bits per heavy atom. The van der Waals surface area contributed by atoms with Gasteiger partial charge in [-0.15, -0.1) is 0 Å². The third kappa shape index (κ3) is 8.01. The SMILES string of the molecule is CCCCCCCC(C)CNC(=NC)NC1CCS(=O)(=O)C1. The number of unbranched alkanes of at least 4 members (excludes halogenated alkanes) is 4. The van der Waals surface area contributed by atoms with Gasteiger partial charge in [-0.2, -0.15) is 0 Å². The van der Waals surface area contributed by atoms with E-state index in [1.165, 1.54) is 38.5 Å². The van der Waals surface area contributed by atoms with E-state index in [0.29, 0.717) is 12.3 Å². The Bertz CT molecular complexity index is 435. The Kier molecular flexibility index (Phi) is 8.83. The fourth-order valence-corrected chi connectivity index (χ4v) is 4.44. The van der Waals surface area contributed by atoms with Crippen LogP contribution < -0.4 is 10.6 Å². The lowest BCUT2D eigenvalue weighted by atomic mass is 10.0. The molecule has 6 heteroatoms. The number of aliphatic imine (C=N–C) groups is 1. The van der Waals surface area contributed by atoms with E-state index in [4.69, 9.17) is 0 Å². The van der Waals surface area contributed by atoms with Gasteiger partial charge in [-0.1, -0.05) is 46.0 Å². The zero-order chi connectivity index (χ0) is 16.4. The van der Waals surface area contributed by atoms with E-state index in [1.54, 1.807) is 7.05 Å². The van der Waals surface area contributed by atoms with Crippen molar-refractivity contribution in [2.75, 3.05) is 25.1 Å². The number of hydrogen-bond acceptors (Lipinski definition) is 3. The van der Waals surface area contributed by atoms with Crippen LogP contribution in [0.2, 0.25) is 0 Å². The van der Waals surface area contributed by atoms with Crippen LogP contribution in [0.4, 0.5) is 0 Å². The summed E-state index contributed by atoms with van der Waals surface area (Å²) in [4.78, 5) is 4.19. The highest BCUT2D eigenvalue weighted by Gasteiger charge is 2.28. The number of rotatable bonds is 9. The standard InChI is InChI=1S/C16H33N3O2S/c1-4-5-6-7-8-9-14(2)12-18-16(17-3)19-15-10-11-22(20,21)13-15/h14-15H,4-13H2,1-3H3,(H2,17,18,19). The van der Waals surface area contributed by atoms with Gasteiger partial charge < -0.3 is 10.6 Å². The van der Waals surface area contributed by atoms with Gasteiger partial charge >= 0.3 is 0 Å². The molecule has 2 unspecified atom stereocenters. The molecule has 1 rings (SSSR count). The van der Waals surface area contributed by atoms with Crippen LogP contribution in [0.25, 0.3) is 0 Å². The van der Waals surface area contributed by atoms with Gasteiger partial charge in [-0.05, 0) is 18.8 Å². The summed E-state index contributed by atoms with van der Waals surface area (Å²) in [6.07, 6.45) is 8.49. The molecule has 0 radical (unpaired) electrons. The van der Waals surface area contributed by atoms with Crippen LogP contribution in [-0.2, 0) is 9.84 Å². The molecular formula is C16H33N3O2S. The summed E-state index contributed by atoms with van der Waals surface area (Å²) in [7, 11) is -1.12. The topological polar surface area (TPSA) is 70.6 Å². The van der Waals surface area contributed by atoms with E-state index in [2.05, 4.69) is 29.5 Å². The van der Waals surface area contributed by atoms with Crippen LogP contribution in [0.3, 0.4) is 0 Å². The molecule has 1 aliphatic rings. The molecule has 0 saturated carbocycles. The average molecular weight is 332 g/mol. The van der Waals surface area contributed by atoms with E-state index in [-0.39, 0.29) is 17.5 Å². The second kappa shape index (κ2) is 10.1. The molecule has 22 heavy (non-hydrogen) atoms. The van der Waals surface area contributed by atoms with Crippen molar-refractivity contribution in [3.63, 3.8) is 0 Å². The average Bonchev–Trinajstić information content (AvgIpc) is 2.82. The van der Waals surface area contributed by atoms with Gasteiger partial charge in [0.15, 0.2) is 15.8 Å². The maximum atomic E-state index is 11.5. The predicted octanol–water partition coefficient (Wildman–Crippen LogP) is 2.34. The molecule has 0 aliphatic carbocycles. The highest BCUT2D eigenvalue weighted by atomic mass is 32.2. The molecule has 0 aromatic heterocycles. The molecule has 0 aromatic rings. The van der Waals surface area contributed by atoms with Crippen molar-refractivity contribution < 1.29 is 8.42 Å². The number of sulfone groups is 1. The van der Waals surface area contributed by atoms with E-state index in [9.17, 15) is 8.42 Å². The van der Waals surface area contributed by atoms with Crippen LogP contribution in [-0.4, -0.2) is 45.5 Å². The van der Waals surface area contributed by atoms with Gasteiger partial charge in [0.25, 0.3) is 0 Å². The van der Waals surface area contributed by atoms with Crippen molar-refractivity contribution in [1.29, 1.82) is 0 Å². The molecule has 0 aromatic carbocycles. The molecule has 1 heterocycles. The van der Waals surface area contributed by atoms with Crippen molar-refractivity contribution in [1.82, 2.24) is 10.6 Å². The zero-order valence-corrected chi connectivity index (χ0v) is 15.2. The van der Waals surface area contributed by atoms with E-state index < -0.39 is 9.84 Å². The van der Waals surface area contributed by atoms with Gasteiger partial charge in [0.05, 0.1) is 11.5 Å². The first-order valence-electron chi connectivity index (χ1n) is 8.64. The van der Waals surface area contributed by atoms with Gasteiger partial charge in [-0.25, -0.2) is 8.42 Å². The number of nitrogens with zero attached hydrogens (tertiary/aromatic N) is 1. The monoisotopic (exact) mass is 331 g/mol. The summed E-state index contributed by atoms with van der Waals surface area (Å²) in [5.41, 5.74) is 0. The minimum Gasteiger partial charge on any atom is -0.356 e. The summed E-state index contributed by atoms with van der Waals surface area (Å²) in [6, 6.07) is 0.000509. The molecular weight excluding hydrogens is 298 g/mol. The maximum Gasteiger partial charge on any atom is 0.191 e.